The lowest BCUT2D eigenvalue weighted by Gasteiger charge is -2.38. The Bertz CT molecular complexity index is 387. The van der Waals surface area contributed by atoms with Gasteiger partial charge in [0.25, 0.3) is 0 Å². The van der Waals surface area contributed by atoms with Crippen LogP contribution in [0.5, 0.6) is 0 Å². The molecule has 0 bridgehead atoms. The first-order chi connectivity index (χ1) is 9.46. The minimum Gasteiger partial charge on any atom is -0.481 e. The van der Waals surface area contributed by atoms with Crippen LogP contribution in [0.4, 0.5) is 4.79 Å². The molecule has 1 saturated heterocycles. The van der Waals surface area contributed by atoms with Crippen molar-refractivity contribution in [3.05, 3.63) is 0 Å². The van der Waals surface area contributed by atoms with Gasteiger partial charge in [0.2, 0.25) is 0 Å². The van der Waals surface area contributed by atoms with Crippen molar-refractivity contribution in [2.45, 2.75) is 51.2 Å². The minimum absolute atomic E-state index is 0.0468. The van der Waals surface area contributed by atoms with Gasteiger partial charge in [-0.2, -0.15) is 0 Å². The number of amides is 2. The van der Waals surface area contributed by atoms with Gasteiger partial charge >= 0.3 is 12.0 Å². The lowest BCUT2D eigenvalue weighted by atomic mass is 9.82. The van der Waals surface area contributed by atoms with E-state index in [4.69, 9.17) is 4.74 Å². The molecule has 2 aliphatic rings. The first-order valence-electron chi connectivity index (χ1n) is 7.28. The zero-order valence-electron chi connectivity index (χ0n) is 12.2. The quantitative estimate of drug-likeness (QED) is 0.822. The van der Waals surface area contributed by atoms with E-state index in [-0.39, 0.29) is 24.7 Å². The molecule has 0 aromatic heterocycles. The summed E-state index contributed by atoms with van der Waals surface area (Å²) < 4.78 is 5.36. The molecule has 2 rings (SSSR count). The van der Waals surface area contributed by atoms with E-state index >= 15 is 0 Å². The van der Waals surface area contributed by atoms with Crippen molar-refractivity contribution in [1.82, 2.24) is 10.2 Å². The predicted octanol–water partition coefficient (Wildman–Crippen LogP) is 1.45. The second-order valence-electron chi connectivity index (χ2n) is 6.15. The van der Waals surface area contributed by atoms with Crippen LogP contribution in [0.25, 0.3) is 0 Å². The summed E-state index contributed by atoms with van der Waals surface area (Å²) >= 11 is 0. The van der Waals surface area contributed by atoms with E-state index in [9.17, 15) is 14.7 Å². The van der Waals surface area contributed by atoms with Gasteiger partial charge in [-0.3, -0.25) is 4.79 Å². The number of hydrogen-bond donors (Lipinski definition) is 2. The van der Waals surface area contributed by atoms with Crippen LogP contribution in [0.1, 0.15) is 39.0 Å². The molecule has 2 fully saturated rings. The number of carbonyl (C=O) groups is 2. The third kappa shape index (κ3) is 3.06. The molecule has 1 saturated carbocycles. The number of urea groups is 1. The number of nitrogens with one attached hydrogen (secondary N) is 1. The average molecular weight is 284 g/mol. The van der Waals surface area contributed by atoms with Crippen LogP contribution in [0.3, 0.4) is 0 Å². The fourth-order valence-electron chi connectivity index (χ4n) is 3.21. The lowest BCUT2D eigenvalue weighted by molar-refractivity contribution is -0.150. The van der Waals surface area contributed by atoms with Crippen molar-refractivity contribution in [2.24, 2.45) is 5.41 Å². The highest BCUT2D eigenvalue weighted by molar-refractivity contribution is 5.78. The largest absolute Gasteiger partial charge is 0.481 e. The average Bonchev–Trinajstić information content (AvgIpc) is 2.85. The number of rotatable bonds is 3. The maximum Gasteiger partial charge on any atom is 0.317 e. The Balaban J connectivity index is 1.94. The number of piperidine rings is 1. The topological polar surface area (TPSA) is 78.9 Å². The lowest BCUT2D eigenvalue weighted by Crippen LogP contribution is -2.54. The summed E-state index contributed by atoms with van der Waals surface area (Å²) in [6, 6.07) is -0.114. The first-order valence-corrected chi connectivity index (χ1v) is 7.28. The fourth-order valence-corrected chi connectivity index (χ4v) is 3.21. The number of carboxylic acids is 1. The number of hydrogen-bond acceptors (Lipinski definition) is 3. The van der Waals surface area contributed by atoms with Crippen molar-refractivity contribution >= 4 is 12.0 Å². The van der Waals surface area contributed by atoms with Crippen LogP contribution >= 0.6 is 0 Å². The van der Waals surface area contributed by atoms with Crippen LogP contribution in [-0.2, 0) is 9.53 Å². The smallest absolute Gasteiger partial charge is 0.317 e. The van der Waals surface area contributed by atoms with Gasteiger partial charge in [-0.15, -0.1) is 0 Å². The zero-order valence-corrected chi connectivity index (χ0v) is 12.2. The Morgan fingerprint density at radius 3 is 2.75 bits per heavy atom. The summed E-state index contributed by atoms with van der Waals surface area (Å²) in [5.41, 5.74) is -0.827. The molecule has 0 aromatic carbocycles. The van der Waals surface area contributed by atoms with Gasteiger partial charge in [0.15, 0.2) is 0 Å². The summed E-state index contributed by atoms with van der Waals surface area (Å²) in [5.74, 6) is -0.828. The number of carboxylic acid groups (broad SMARTS) is 1. The first kappa shape index (κ1) is 15.1. The molecule has 2 N–H and O–H groups in total. The molecule has 3 atom stereocenters. The normalized spacial score (nSPS) is 34.0. The summed E-state index contributed by atoms with van der Waals surface area (Å²) in [7, 11) is 1.66. The van der Waals surface area contributed by atoms with Crippen molar-refractivity contribution in [1.29, 1.82) is 0 Å². The summed E-state index contributed by atoms with van der Waals surface area (Å²) in [4.78, 5) is 25.2. The van der Waals surface area contributed by atoms with Gasteiger partial charge in [-0.05, 0) is 39.0 Å². The highest BCUT2D eigenvalue weighted by atomic mass is 16.5. The monoisotopic (exact) mass is 284 g/mol. The molecule has 6 heteroatoms. The molecule has 2 amide bonds. The van der Waals surface area contributed by atoms with E-state index in [1.807, 2.05) is 0 Å². The van der Waals surface area contributed by atoms with E-state index < -0.39 is 11.4 Å². The highest BCUT2D eigenvalue weighted by Crippen LogP contribution is 2.30. The van der Waals surface area contributed by atoms with Crippen LogP contribution in [-0.4, -0.2) is 54.4 Å². The standard InChI is InChI=1S/C14H24N2O4/c1-14(12(17)18)7-4-8-16(9-14)13(19)15-10-5-3-6-11(10)20-2/h10-11H,3-9H2,1-2H3,(H,15,19)(H,17,18). The number of carbonyl (C=O) groups excluding carboxylic acids is 1. The minimum atomic E-state index is -0.828. The molecule has 20 heavy (non-hydrogen) atoms. The molecular formula is C14H24N2O4. The molecule has 1 heterocycles. The zero-order chi connectivity index (χ0) is 14.8. The van der Waals surface area contributed by atoms with Gasteiger partial charge < -0.3 is 20.1 Å². The molecule has 0 aromatic rings. The number of ether oxygens (including phenoxy) is 1. The van der Waals surface area contributed by atoms with Gasteiger partial charge in [0.05, 0.1) is 17.6 Å². The molecular weight excluding hydrogens is 260 g/mol. The van der Waals surface area contributed by atoms with Gasteiger partial charge in [-0.25, -0.2) is 4.79 Å². The molecule has 6 nitrogen and oxygen atoms in total. The SMILES string of the molecule is COC1CCCC1NC(=O)N1CCCC(C)(C(=O)O)C1. The van der Waals surface area contributed by atoms with Gasteiger partial charge in [0.1, 0.15) is 0 Å². The number of aliphatic carboxylic acids is 1. The van der Waals surface area contributed by atoms with E-state index in [0.717, 1.165) is 25.7 Å². The predicted molar refractivity (Wildman–Crippen MR) is 73.5 cm³/mol. The van der Waals surface area contributed by atoms with Crippen LogP contribution in [0.2, 0.25) is 0 Å². The Morgan fingerprint density at radius 2 is 2.10 bits per heavy atom. The Labute approximate surface area is 119 Å². The molecule has 1 aliphatic carbocycles. The molecule has 3 unspecified atom stereocenters. The third-order valence-electron chi connectivity index (χ3n) is 4.56. The number of likely N-dealkylation sites (tertiary alicyclic amines) is 1. The van der Waals surface area contributed by atoms with Crippen molar-refractivity contribution in [3.63, 3.8) is 0 Å². The van der Waals surface area contributed by atoms with Gasteiger partial charge in [-0.1, -0.05) is 0 Å². The number of nitrogens with zero attached hydrogens (tertiary/aromatic N) is 1. The maximum atomic E-state index is 12.3. The Hall–Kier alpha value is -1.30. The van der Waals surface area contributed by atoms with Gasteiger partial charge in [0, 0.05) is 20.2 Å². The Morgan fingerprint density at radius 1 is 1.35 bits per heavy atom. The summed E-state index contributed by atoms with van der Waals surface area (Å²) in [5, 5.41) is 12.3. The Kier molecular flexibility index (Phi) is 4.52. The molecule has 114 valence electrons. The van der Waals surface area contributed by atoms with Crippen molar-refractivity contribution in [3.8, 4) is 0 Å². The maximum absolute atomic E-state index is 12.3. The summed E-state index contributed by atoms with van der Waals surface area (Å²) in [6.45, 7) is 2.61. The molecule has 0 spiro atoms. The molecule has 0 radical (unpaired) electrons. The van der Waals surface area contributed by atoms with Crippen LogP contribution in [0, 0.1) is 5.41 Å². The van der Waals surface area contributed by atoms with E-state index in [2.05, 4.69) is 5.32 Å². The third-order valence-corrected chi connectivity index (χ3v) is 4.56. The van der Waals surface area contributed by atoms with E-state index in [0.29, 0.717) is 13.0 Å². The second kappa shape index (κ2) is 5.99. The fraction of sp³-hybridized carbons (Fsp3) is 0.857. The second-order valence-corrected chi connectivity index (χ2v) is 6.15. The summed E-state index contributed by atoms with van der Waals surface area (Å²) in [6.07, 6.45) is 4.37. The van der Waals surface area contributed by atoms with Crippen LogP contribution < -0.4 is 5.32 Å². The van der Waals surface area contributed by atoms with Crippen LogP contribution in [0.15, 0.2) is 0 Å². The highest BCUT2D eigenvalue weighted by Gasteiger charge is 2.40. The number of methoxy groups -OCH3 is 1. The molecule has 1 aliphatic heterocycles. The van der Waals surface area contributed by atoms with E-state index in [1.165, 1.54) is 0 Å². The van der Waals surface area contributed by atoms with Crippen molar-refractivity contribution < 1.29 is 19.4 Å². The van der Waals surface area contributed by atoms with E-state index in [1.54, 1.807) is 18.9 Å². The van der Waals surface area contributed by atoms with Crippen molar-refractivity contribution in [2.75, 3.05) is 20.2 Å².